The molecular weight excluding hydrogens is 159 g/mol. The van der Waals surface area contributed by atoms with Crippen LogP contribution in [0, 0.1) is 0 Å². The Bertz CT molecular complexity index is 188. The third-order valence-electron chi connectivity index (χ3n) is 2.20. The Morgan fingerprint density at radius 3 is 2.67 bits per heavy atom. The number of carbonyl (C=O) groups excluding carboxylic acids is 1. The number of hydrogen-bond donors (Lipinski definition) is 3. The minimum Gasteiger partial charge on any atom is -0.426 e. The Morgan fingerprint density at radius 1 is 1.75 bits per heavy atom. The van der Waals surface area contributed by atoms with Gasteiger partial charge in [-0.1, -0.05) is 0 Å². The zero-order valence-electron chi connectivity index (χ0n) is 6.97. The highest BCUT2D eigenvalue weighted by Gasteiger charge is 2.36. The fourth-order valence-electron chi connectivity index (χ4n) is 1.29. The number of hydrogen-bond acceptors (Lipinski definition) is 4. The number of nitrogens with two attached hydrogens (primary N) is 1. The molecule has 0 saturated carbocycles. The quantitative estimate of drug-likeness (QED) is 0.418. The van der Waals surface area contributed by atoms with Crippen molar-refractivity contribution in [1.82, 2.24) is 4.90 Å². The Morgan fingerprint density at radius 2 is 2.33 bits per heavy atom. The van der Waals surface area contributed by atoms with Crippen molar-refractivity contribution < 1.29 is 14.8 Å². The molecule has 1 aliphatic rings. The second-order valence-electron chi connectivity index (χ2n) is 3.08. The Kier molecular flexibility index (Phi) is 2.71. The maximum absolute atomic E-state index is 11.2. The summed E-state index contributed by atoms with van der Waals surface area (Å²) in [6, 6.07) is -0.466. The third kappa shape index (κ3) is 1.60. The topological polar surface area (TPSA) is 86.8 Å². The van der Waals surface area contributed by atoms with Crippen LogP contribution in [0.15, 0.2) is 0 Å². The highest BCUT2D eigenvalue weighted by molar-refractivity contribution is 6.43. The molecule has 0 aromatic rings. The molecule has 1 unspecified atom stereocenters. The van der Waals surface area contributed by atoms with Gasteiger partial charge in [0.25, 0.3) is 0 Å². The summed E-state index contributed by atoms with van der Waals surface area (Å²) >= 11 is 0. The summed E-state index contributed by atoms with van der Waals surface area (Å²) in [6.45, 7) is 2.10. The summed E-state index contributed by atoms with van der Waals surface area (Å²) in [4.78, 5) is 12.6. The second-order valence-corrected chi connectivity index (χ2v) is 3.08. The van der Waals surface area contributed by atoms with Crippen molar-refractivity contribution in [1.29, 1.82) is 0 Å². The van der Waals surface area contributed by atoms with Gasteiger partial charge in [-0.3, -0.25) is 4.79 Å². The first-order chi connectivity index (χ1) is 5.54. The van der Waals surface area contributed by atoms with Gasteiger partial charge in [0.05, 0.1) is 12.0 Å². The molecule has 1 saturated heterocycles. The maximum Gasteiger partial charge on any atom is 0.475 e. The molecule has 1 rings (SSSR count). The van der Waals surface area contributed by atoms with Crippen molar-refractivity contribution in [3.05, 3.63) is 0 Å². The van der Waals surface area contributed by atoms with Gasteiger partial charge in [-0.2, -0.15) is 0 Å². The van der Waals surface area contributed by atoms with Crippen molar-refractivity contribution in [2.75, 3.05) is 6.54 Å². The van der Waals surface area contributed by atoms with Crippen LogP contribution in [0.4, 0.5) is 0 Å². The molecule has 0 aliphatic carbocycles. The SMILES string of the molecule is C[C@H](B(O)O)N1CCC(N)C1=O. The molecule has 68 valence electrons. The normalized spacial score (nSPS) is 26.2. The zero-order chi connectivity index (χ0) is 9.30. The Labute approximate surface area is 71.3 Å². The van der Waals surface area contributed by atoms with E-state index < -0.39 is 19.1 Å². The highest BCUT2D eigenvalue weighted by atomic mass is 16.4. The van der Waals surface area contributed by atoms with Gasteiger partial charge in [0.2, 0.25) is 5.91 Å². The smallest absolute Gasteiger partial charge is 0.426 e. The predicted octanol–water partition coefficient (Wildman–Crippen LogP) is -2.05. The molecule has 0 aromatic heterocycles. The number of amides is 1. The molecule has 1 heterocycles. The van der Waals surface area contributed by atoms with Crippen molar-refractivity contribution in [3.8, 4) is 0 Å². The van der Waals surface area contributed by atoms with Gasteiger partial charge in [0.1, 0.15) is 0 Å². The highest BCUT2D eigenvalue weighted by Crippen LogP contribution is 2.13. The molecule has 6 heteroatoms. The van der Waals surface area contributed by atoms with E-state index in [-0.39, 0.29) is 5.91 Å². The van der Waals surface area contributed by atoms with Gasteiger partial charge in [-0.15, -0.1) is 0 Å². The van der Waals surface area contributed by atoms with Crippen molar-refractivity contribution in [2.24, 2.45) is 5.73 Å². The minimum atomic E-state index is -1.49. The van der Waals surface area contributed by atoms with E-state index >= 15 is 0 Å². The standard InChI is InChI=1S/C6H13BN2O3/c1-4(7(11)12)9-3-2-5(8)6(9)10/h4-5,11-12H,2-3,8H2,1H3/t4-,5?/m1/s1. The first-order valence-electron chi connectivity index (χ1n) is 3.96. The number of likely N-dealkylation sites (tertiary alicyclic amines) is 1. The molecular formula is C6H13BN2O3. The molecule has 0 aromatic carbocycles. The van der Waals surface area contributed by atoms with Gasteiger partial charge >= 0.3 is 7.12 Å². The monoisotopic (exact) mass is 172 g/mol. The van der Waals surface area contributed by atoms with Crippen LogP contribution in [-0.2, 0) is 4.79 Å². The van der Waals surface area contributed by atoms with E-state index in [0.717, 1.165) is 0 Å². The van der Waals surface area contributed by atoms with Crippen molar-refractivity contribution >= 4 is 13.0 Å². The molecule has 1 fully saturated rings. The van der Waals surface area contributed by atoms with E-state index in [1.54, 1.807) is 6.92 Å². The van der Waals surface area contributed by atoms with Crippen LogP contribution in [0.3, 0.4) is 0 Å². The lowest BCUT2D eigenvalue weighted by molar-refractivity contribution is -0.129. The molecule has 0 radical (unpaired) electrons. The van der Waals surface area contributed by atoms with Gasteiger partial charge in [0.15, 0.2) is 0 Å². The molecule has 5 nitrogen and oxygen atoms in total. The minimum absolute atomic E-state index is 0.199. The lowest BCUT2D eigenvalue weighted by Crippen LogP contribution is -2.47. The van der Waals surface area contributed by atoms with E-state index in [9.17, 15) is 4.79 Å². The predicted molar refractivity (Wildman–Crippen MR) is 44.0 cm³/mol. The first-order valence-corrected chi connectivity index (χ1v) is 3.96. The largest absolute Gasteiger partial charge is 0.475 e. The average Bonchev–Trinajstić information content (AvgIpc) is 2.32. The fraction of sp³-hybridized carbons (Fsp3) is 0.833. The summed E-state index contributed by atoms with van der Waals surface area (Å²) < 4.78 is 0. The van der Waals surface area contributed by atoms with Crippen LogP contribution in [0.5, 0.6) is 0 Å². The molecule has 1 aliphatic heterocycles. The Balaban J connectivity index is 2.59. The van der Waals surface area contributed by atoms with Crippen LogP contribution >= 0.6 is 0 Å². The fourth-order valence-corrected chi connectivity index (χ4v) is 1.29. The van der Waals surface area contributed by atoms with E-state index in [1.807, 2.05) is 0 Å². The van der Waals surface area contributed by atoms with E-state index in [1.165, 1.54) is 4.90 Å². The lowest BCUT2D eigenvalue weighted by atomic mass is 9.80. The first kappa shape index (κ1) is 9.50. The van der Waals surface area contributed by atoms with Crippen LogP contribution in [-0.4, -0.2) is 46.5 Å². The van der Waals surface area contributed by atoms with Gasteiger partial charge in [-0.25, -0.2) is 0 Å². The van der Waals surface area contributed by atoms with Crippen LogP contribution in [0.1, 0.15) is 13.3 Å². The summed E-state index contributed by atoms with van der Waals surface area (Å²) in [5.41, 5.74) is 5.45. The summed E-state index contributed by atoms with van der Waals surface area (Å²) in [7, 11) is -1.49. The maximum atomic E-state index is 11.2. The molecule has 2 atom stereocenters. The van der Waals surface area contributed by atoms with Crippen molar-refractivity contribution in [3.63, 3.8) is 0 Å². The third-order valence-corrected chi connectivity index (χ3v) is 2.20. The number of nitrogens with zero attached hydrogens (tertiary/aromatic N) is 1. The average molecular weight is 172 g/mol. The van der Waals surface area contributed by atoms with Crippen LogP contribution < -0.4 is 5.73 Å². The number of rotatable bonds is 2. The second kappa shape index (κ2) is 3.43. The Hall–Kier alpha value is -0.585. The summed E-state index contributed by atoms with van der Waals surface area (Å²) in [5.74, 6) is -0.762. The van der Waals surface area contributed by atoms with Crippen LogP contribution in [0.25, 0.3) is 0 Å². The number of carbonyl (C=O) groups is 1. The molecule has 0 bridgehead atoms. The van der Waals surface area contributed by atoms with E-state index in [2.05, 4.69) is 0 Å². The van der Waals surface area contributed by atoms with Gasteiger partial charge in [-0.05, 0) is 13.3 Å². The molecule has 1 amide bonds. The van der Waals surface area contributed by atoms with E-state index in [4.69, 9.17) is 15.8 Å². The molecule has 4 N–H and O–H groups in total. The van der Waals surface area contributed by atoms with Crippen molar-refractivity contribution in [2.45, 2.75) is 25.3 Å². The summed E-state index contributed by atoms with van der Waals surface area (Å²) in [6.07, 6.45) is 0.593. The van der Waals surface area contributed by atoms with Gasteiger partial charge in [0, 0.05) is 6.54 Å². The van der Waals surface area contributed by atoms with Gasteiger partial charge < -0.3 is 20.7 Å². The molecule has 12 heavy (non-hydrogen) atoms. The lowest BCUT2D eigenvalue weighted by Gasteiger charge is -2.23. The van der Waals surface area contributed by atoms with Crippen LogP contribution in [0.2, 0.25) is 0 Å². The summed E-state index contributed by atoms with van der Waals surface area (Å²) in [5, 5.41) is 17.6. The van der Waals surface area contributed by atoms with E-state index in [0.29, 0.717) is 13.0 Å². The zero-order valence-corrected chi connectivity index (χ0v) is 6.97. The molecule has 0 spiro atoms.